The molecule has 11 rings (SSSR count). The number of piperidine rings is 3. The molecule has 1 unspecified atom stereocenters. The molecule has 72 heavy (non-hydrogen) atoms. The number of rotatable bonds is 14. The second-order valence-electron chi connectivity index (χ2n) is 21.7. The molecule has 7 heterocycles. The highest BCUT2D eigenvalue weighted by molar-refractivity contribution is 6.03. The lowest BCUT2D eigenvalue weighted by Gasteiger charge is -2.38. The molecule has 15 nitrogen and oxygen atoms in total. The van der Waals surface area contributed by atoms with E-state index in [0.717, 1.165) is 114 Å². The Morgan fingerprint density at radius 3 is 2.39 bits per heavy atom. The first-order valence-electron chi connectivity index (χ1n) is 26.1. The number of carbonyl (C=O) groups excluding carboxylic acids is 2. The maximum absolute atomic E-state index is 17.1. The minimum absolute atomic E-state index is 0.0187. The van der Waals surface area contributed by atoms with E-state index < -0.39 is 23.2 Å². The summed E-state index contributed by atoms with van der Waals surface area (Å²) >= 11 is 0. The van der Waals surface area contributed by atoms with E-state index in [2.05, 4.69) is 43.2 Å². The van der Waals surface area contributed by atoms with Crippen molar-refractivity contribution in [2.75, 3.05) is 83.5 Å². The van der Waals surface area contributed by atoms with E-state index in [1.807, 2.05) is 23.6 Å². The van der Waals surface area contributed by atoms with E-state index in [1.54, 1.807) is 25.3 Å². The van der Waals surface area contributed by atoms with E-state index in [0.29, 0.717) is 78.8 Å². The first-order valence-corrected chi connectivity index (χ1v) is 26.1. The number of pyridine rings is 1. The summed E-state index contributed by atoms with van der Waals surface area (Å²) in [6.07, 6.45) is 9.49. The number of hydrogen-bond donors (Lipinski definition) is 3. The van der Waals surface area contributed by atoms with Crippen molar-refractivity contribution in [2.45, 2.75) is 95.5 Å². The smallest absolute Gasteiger partial charge is 0.319 e. The van der Waals surface area contributed by atoms with Crippen LogP contribution in [0.1, 0.15) is 100 Å². The van der Waals surface area contributed by atoms with Gasteiger partial charge < -0.3 is 34.5 Å². The van der Waals surface area contributed by atoms with Crippen LogP contribution in [0.4, 0.5) is 14.6 Å². The number of aromatic hydroxyl groups is 1. The first-order chi connectivity index (χ1) is 34.7. The number of nitrogens with one attached hydrogen (secondary N) is 1. The highest BCUT2D eigenvalue weighted by Crippen LogP contribution is 2.47. The maximum Gasteiger partial charge on any atom is 0.319 e. The molecule has 17 heteroatoms. The molecular weight excluding hydrogens is 919 g/mol. The van der Waals surface area contributed by atoms with Crippen LogP contribution in [0.15, 0.2) is 48.7 Å². The number of carbonyl (C=O) groups is 2. The van der Waals surface area contributed by atoms with Crippen LogP contribution in [0.5, 0.6) is 11.8 Å². The molecule has 2 amide bonds. The standard InChI is InChI=1S/C55H66F2N10O5/c1-4-38-43(56)11-8-36-27-37(68)29-41(46(36)38)49-47(57)50-42(30-58-49)51(67-20-5-15-54(2,71)31-67)61-53(60-50)72-33-55(16-17-55)32-66-25-23-65(24-26-66)19-6-18-64-21-13-34(14-22-64)35-7-9-39-44(28-35)63(3)62-48(39)40-10-12-45(69)59-52(40)70/h7-9,11,27-30,34,40,68,71H,4-6,10,12-26,31-33H2,1-3H3,(H,59,69,70)/t40?,54-/m1/s1. The highest BCUT2D eigenvalue weighted by Gasteiger charge is 2.45. The van der Waals surface area contributed by atoms with Crippen LogP contribution in [-0.2, 0) is 23.1 Å². The Hall–Kier alpha value is -5.88. The molecule has 6 aromatic rings. The minimum atomic E-state index is -0.959. The fraction of sp³-hybridized carbons (Fsp3) is 0.527. The number of aliphatic hydroxyl groups is 1. The van der Waals surface area contributed by atoms with Gasteiger partial charge in [0.15, 0.2) is 5.82 Å². The third-order valence-corrected chi connectivity index (χ3v) is 16.3. The summed E-state index contributed by atoms with van der Waals surface area (Å²) in [4.78, 5) is 48.2. The predicted molar refractivity (Wildman–Crippen MR) is 272 cm³/mol. The van der Waals surface area contributed by atoms with Crippen molar-refractivity contribution in [3.05, 3.63) is 77.1 Å². The molecule has 380 valence electrons. The number of aromatic nitrogens is 5. The molecule has 3 aromatic carbocycles. The number of β-amino-alcohol motifs (C(OH)–C–C–N with tert-alkyl or cyclic N) is 1. The normalized spacial score (nSPS) is 22.6. The number of benzene rings is 3. The van der Waals surface area contributed by atoms with Crippen molar-refractivity contribution in [2.24, 2.45) is 12.5 Å². The van der Waals surface area contributed by atoms with E-state index in [-0.39, 0.29) is 45.8 Å². The number of hydrogen-bond acceptors (Lipinski definition) is 13. The van der Waals surface area contributed by atoms with Gasteiger partial charge in [0.25, 0.3) is 0 Å². The fourth-order valence-electron chi connectivity index (χ4n) is 12.1. The van der Waals surface area contributed by atoms with Crippen molar-refractivity contribution in [3.8, 4) is 23.0 Å². The zero-order valence-corrected chi connectivity index (χ0v) is 41.7. The summed E-state index contributed by atoms with van der Waals surface area (Å²) in [5, 5.41) is 31.5. The Bertz CT molecular complexity index is 3050. The number of likely N-dealkylation sites (tertiary alicyclic amines) is 1. The van der Waals surface area contributed by atoms with Crippen LogP contribution < -0.4 is 15.0 Å². The molecule has 3 N–H and O–H groups in total. The van der Waals surface area contributed by atoms with Crippen LogP contribution in [0.3, 0.4) is 0 Å². The van der Waals surface area contributed by atoms with Gasteiger partial charge >= 0.3 is 6.01 Å². The highest BCUT2D eigenvalue weighted by atomic mass is 19.1. The first kappa shape index (κ1) is 48.4. The molecule has 4 aliphatic heterocycles. The van der Waals surface area contributed by atoms with Gasteiger partial charge in [0, 0.05) is 81.8 Å². The SMILES string of the molecule is CCc1c(F)ccc2cc(O)cc(-c3ncc4c(N5CCC[C@@](C)(O)C5)nc(OCC5(CN6CCN(CCCN7CCC(c8ccc9c(C%10CCC(=O)NC%10=O)nn(C)c9c8)CC7)CC6)CC5)nc4c3F)c12. The lowest BCUT2D eigenvalue weighted by molar-refractivity contribution is -0.134. The summed E-state index contributed by atoms with van der Waals surface area (Å²) in [5.74, 6) is -1.14. The van der Waals surface area contributed by atoms with E-state index in [9.17, 15) is 19.8 Å². The zero-order chi connectivity index (χ0) is 49.9. The maximum atomic E-state index is 17.1. The number of phenolic OH excluding ortho intramolecular Hbond substituents is 1. The molecule has 2 atom stereocenters. The number of amides is 2. The van der Waals surface area contributed by atoms with E-state index in [4.69, 9.17) is 19.8 Å². The number of halogens is 2. The zero-order valence-electron chi connectivity index (χ0n) is 41.7. The lowest BCUT2D eigenvalue weighted by atomic mass is 9.88. The molecular formula is C55H66F2N10O5. The topological polar surface area (TPSA) is 165 Å². The van der Waals surface area contributed by atoms with Crippen LogP contribution in [0.25, 0.3) is 43.8 Å². The van der Waals surface area contributed by atoms with Gasteiger partial charge in [0.2, 0.25) is 11.8 Å². The molecule has 0 bridgehead atoms. The quantitative estimate of drug-likeness (QED) is 0.0941. The van der Waals surface area contributed by atoms with Crippen molar-refractivity contribution in [3.63, 3.8) is 0 Å². The molecule has 0 spiro atoms. The summed E-state index contributed by atoms with van der Waals surface area (Å²) in [5.41, 5.74) is 2.77. The van der Waals surface area contributed by atoms with E-state index >= 15 is 8.78 Å². The van der Waals surface area contributed by atoms with Gasteiger partial charge in [0.1, 0.15) is 28.6 Å². The monoisotopic (exact) mass is 985 g/mol. The number of anilines is 1. The van der Waals surface area contributed by atoms with Crippen LogP contribution in [-0.4, -0.2) is 146 Å². The molecule has 5 aliphatic rings. The summed E-state index contributed by atoms with van der Waals surface area (Å²) in [7, 11) is 1.93. The van der Waals surface area contributed by atoms with Gasteiger partial charge in [-0.05, 0) is 143 Å². The Kier molecular flexibility index (Phi) is 13.1. The van der Waals surface area contributed by atoms with Crippen LogP contribution in [0, 0.1) is 17.0 Å². The third-order valence-electron chi connectivity index (χ3n) is 16.3. The molecule has 4 saturated heterocycles. The Morgan fingerprint density at radius 2 is 1.65 bits per heavy atom. The molecule has 3 aromatic heterocycles. The minimum Gasteiger partial charge on any atom is -0.508 e. The number of piperazine rings is 1. The number of phenols is 1. The molecule has 1 saturated carbocycles. The Labute approximate surface area is 418 Å². The summed E-state index contributed by atoms with van der Waals surface area (Å²) in [6, 6.07) is 12.6. The number of ether oxygens (including phenoxy) is 1. The fourth-order valence-corrected chi connectivity index (χ4v) is 12.1. The number of fused-ring (bicyclic) bond motifs is 3. The average Bonchev–Trinajstić information content (AvgIpc) is 4.06. The van der Waals surface area contributed by atoms with Gasteiger partial charge in [-0.1, -0.05) is 25.1 Å². The van der Waals surface area contributed by atoms with Crippen LogP contribution >= 0.6 is 0 Å². The molecule has 1 aliphatic carbocycles. The van der Waals surface area contributed by atoms with Gasteiger partial charge in [-0.25, -0.2) is 8.78 Å². The van der Waals surface area contributed by atoms with Crippen molar-refractivity contribution < 1.29 is 33.3 Å². The molecule has 5 fully saturated rings. The summed E-state index contributed by atoms with van der Waals surface area (Å²) < 4.78 is 40.6. The second-order valence-corrected chi connectivity index (χ2v) is 21.7. The van der Waals surface area contributed by atoms with Gasteiger partial charge in [-0.15, -0.1) is 0 Å². The molecule has 0 radical (unpaired) electrons. The number of imide groups is 1. The van der Waals surface area contributed by atoms with Crippen molar-refractivity contribution in [1.29, 1.82) is 0 Å². The van der Waals surface area contributed by atoms with Crippen molar-refractivity contribution in [1.82, 2.24) is 44.7 Å². The second kappa shape index (κ2) is 19.5. The largest absolute Gasteiger partial charge is 0.508 e. The average molecular weight is 985 g/mol. The third kappa shape index (κ3) is 9.72. The number of nitrogens with zero attached hydrogens (tertiary/aromatic N) is 9. The van der Waals surface area contributed by atoms with Gasteiger partial charge in [-0.3, -0.25) is 24.6 Å². The van der Waals surface area contributed by atoms with Crippen molar-refractivity contribution >= 4 is 50.2 Å². The predicted octanol–water partition coefficient (Wildman–Crippen LogP) is 7.20. The van der Waals surface area contributed by atoms with Crippen LogP contribution in [0.2, 0.25) is 0 Å². The van der Waals surface area contributed by atoms with Gasteiger partial charge in [-0.2, -0.15) is 15.1 Å². The Balaban J connectivity index is 0.695. The number of aryl methyl sites for hydroxylation is 2. The Morgan fingerprint density at radius 1 is 0.889 bits per heavy atom. The van der Waals surface area contributed by atoms with Gasteiger partial charge in [0.05, 0.1) is 34.7 Å². The lowest BCUT2D eigenvalue weighted by Crippen LogP contribution is -2.49. The summed E-state index contributed by atoms with van der Waals surface area (Å²) in [6.45, 7) is 14.2. The van der Waals surface area contributed by atoms with E-state index in [1.165, 1.54) is 17.7 Å².